The van der Waals surface area contributed by atoms with Crippen LogP contribution in [0.4, 0.5) is 0 Å². The van der Waals surface area contributed by atoms with Crippen LogP contribution in [-0.4, -0.2) is 71.6 Å². The maximum absolute atomic E-state index is 12.4. The van der Waals surface area contributed by atoms with Gasteiger partial charge in [0.1, 0.15) is 6.10 Å². The zero-order valence-corrected chi connectivity index (χ0v) is 13.3. The maximum Gasteiger partial charge on any atom is 0.310 e. The van der Waals surface area contributed by atoms with Crippen molar-refractivity contribution in [1.29, 1.82) is 0 Å². The lowest BCUT2D eigenvalue weighted by Gasteiger charge is -2.40. The van der Waals surface area contributed by atoms with Gasteiger partial charge in [-0.25, -0.2) is 0 Å². The average Bonchev–Trinajstić information content (AvgIpc) is 3.04. The largest absolute Gasteiger partial charge is 0.481 e. The molecule has 1 atom stereocenters. The zero-order chi connectivity index (χ0) is 16.4. The van der Waals surface area contributed by atoms with Gasteiger partial charge in [0.15, 0.2) is 0 Å². The molecule has 23 heavy (non-hydrogen) atoms. The fourth-order valence-electron chi connectivity index (χ4n) is 3.62. The molecular weight excluding hydrogens is 300 g/mol. The van der Waals surface area contributed by atoms with Crippen molar-refractivity contribution in [2.24, 2.45) is 5.41 Å². The molecule has 0 aromatic heterocycles. The number of amides is 2. The third-order valence-electron chi connectivity index (χ3n) is 5.40. The zero-order valence-electron chi connectivity index (χ0n) is 13.3. The van der Waals surface area contributed by atoms with Gasteiger partial charge >= 0.3 is 5.97 Å². The van der Waals surface area contributed by atoms with Crippen molar-refractivity contribution in [3.63, 3.8) is 0 Å². The molecule has 7 nitrogen and oxygen atoms in total. The summed E-state index contributed by atoms with van der Waals surface area (Å²) in [5.41, 5.74) is -0.846. The van der Waals surface area contributed by atoms with Crippen LogP contribution in [0.2, 0.25) is 0 Å². The van der Waals surface area contributed by atoms with Crippen molar-refractivity contribution in [3.8, 4) is 0 Å². The average molecular weight is 324 g/mol. The molecular formula is C16H24N2O5. The van der Waals surface area contributed by atoms with Gasteiger partial charge in [-0.3, -0.25) is 14.4 Å². The topological polar surface area (TPSA) is 87.2 Å². The number of nitrogens with zero attached hydrogens (tertiary/aromatic N) is 2. The number of hydrogen-bond acceptors (Lipinski definition) is 4. The summed E-state index contributed by atoms with van der Waals surface area (Å²) in [5, 5.41) is 9.33. The quantitative estimate of drug-likeness (QED) is 0.813. The molecule has 0 radical (unpaired) electrons. The molecule has 2 saturated heterocycles. The first kappa shape index (κ1) is 16.2. The number of carbonyl (C=O) groups is 3. The van der Waals surface area contributed by atoms with E-state index in [0.717, 1.165) is 19.3 Å². The molecule has 1 unspecified atom stereocenters. The summed E-state index contributed by atoms with van der Waals surface area (Å²) in [4.78, 5) is 39.5. The Morgan fingerprint density at radius 1 is 1.04 bits per heavy atom. The van der Waals surface area contributed by atoms with E-state index in [1.54, 1.807) is 9.80 Å². The molecule has 2 aliphatic heterocycles. The number of carboxylic acid groups (broad SMARTS) is 1. The third kappa shape index (κ3) is 3.20. The molecule has 3 fully saturated rings. The summed E-state index contributed by atoms with van der Waals surface area (Å²) in [6.07, 6.45) is 3.52. The first-order chi connectivity index (χ1) is 11.0. The Balaban J connectivity index is 1.49. The smallest absolute Gasteiger partial charge is 0.310 e. The summed E-state index contributed by atoms with van der Waals surface area (Å²) < 4.78 is 5.42. The van der Waals surface area contributed by atoms with Gasteiger partial charge in [0.2, 0.25) is 5.91 Å². The van der Waals surface area contributed by atoms with Crippen LogP contribution in [0.15, 0.2) is 0 Å². The van der Waals surface area contributed by atoms with Crippen molar-refractivity contribution in [2.45, 2.75) is 44.6 Å². The lowest BCUT2D eigenvalue weighted by molar-refractivity contribution is -0.160. The summed E-state index contributed by atoms with van der Waals surface area (Å²) in [7, 11) is 0. The fourth-order valence-corrected chi connectivity index (χ4v) is 3.62. The molecule has 1 aliphatic carbocycles. The fraction of sp³-hybridized carbons (Fsp3) is 0.812. The second-order valence-electron chi connectivity index (χ2n) is 6.82. The standard InChI is InChI=1S/C16H24N2O5/c19-13(11-16(15(21)22)4-2-5-16)17-6-8-18(9-7-17)14(20)12-3-1-10-23-12/h12H,1-11H2,(H,21,22). The van der Waals surface area contributed by atoms with E-state index in [4.69, 9.17) is 4.74 Å². The molecule has 0 spiro atoms. The van der Waals surface area contributed by atoms with Crippen LogP contribution in [0.3, 0.4) is 0 Å². The van der Waals surface area contributed by atoms with Crippen molar-refractivity contribution in [1.82, 2.24) is 9.80 Å². The van der Waals surface area contributed by atoms with Crippen LogP contribution in [0, 0.1) is 5.41 Å². The van der Waals surface area contributed by atoms with Crippen LogP contribution >= 0.6 is 0 Å². The first-order valence-electron chi connectivity index (χ1n) is 8.43. The van der Waals surface area contributed by atoms with E-state index in [2.05, 4.69) is 0 Å². The van der Waals surface area contributed by atoms with Gasteiger partial charge in [0.25, 0.3) is 5.91 Å². The second kappa shape index (κ2) is 6.47. The normalized spacial score (nSPS) is 26.7. The molecule has 0 aromatic rings. The highest BCUT2D eigenvalue weighted by molar-refractivity contribution is 5.86. The monoisotopic (exact) mass is 324 g/mol. The Hall–Kier alpha value is -1.63. The SMILES string of the molecule is O=C(CC1(C(=O)O)CCC1)N1CCN(C(=O)C2CCCO2)CC1. The van der Waals surface area contributed by atoms with Crippen LogP contribution < -0.4 is 0 Å². The van der Waals surface area contributed by atoms with Crippen LogP contribution in [0.25, 0.3) is 0 Å². The molecule has 128 valence electrons. The van der Waals surface area contributed by atoms with E-state index in [1.165, 1.54) is 0 Å². The van der Waals surface area contributed by atoms with Crippen molar-refractivity contribution in [3.05, 3.63) is 0 Å². The minimum Gasteiger partial charge on any atom is -0.481 e. The molecule has 1 saturated carbocycles. The van der Waals surface area contributed by atoms with Crippen molar-refractivity contribution < 1.29 is 24.2 Å². The molecule has 7 heteroatoms. The second-order valence-corrected chi connectivity index (χ2v) is 6.82. The van der Waals surface area contributed by atoms with Crippen LogP contribution in [0.5, 0.6) is 0 Å². The van der Waals surface area contributed by atoms with E-state index in [1.807, 2.05) is 0 Å². The van der Waals surface area contributed by atoms with Gasteiger partial charge in [0.05, 0.1) is 5.41 Å². The Morgan fingerprint density at radius 3 is 2.17 bits per heavy atom. The Labute approximate surface area is 135 Å². The number of carboxylic acids is 1. The van der Waals surface area contributed by atoms with Gasteiger partial charge in [0, 0.05) is 39.2 Å². The van der Waals surface area contributed by atoms with Gasteiger partial charge in [-0.05, 0) is 25.7 Å². The molecule has 0 aromatic carbocycles. The summed E-state index contributed by atoms with van der Waals surface area (Å²) in [5.74, 6) is -0.934. The van der Waals surface area contributed by atoms with Gasteiger partial charge in [-0.15, -0.1) is 0 Å². The molecule has 3 aliphatic rings. The van der Waals surface area contributed by atoms with E-state index >= 15 is 0 Å². The molecule has 0 bridgehead atoms. The Kier molecular flexibility index (Phi) is 4.57. The van der Waals surface area contributed by atoms with Crippen LogP contribution in [-0.2, 0) is 19.1 Å². The maximum atomic E-state index is 12.4. The molecule has 3 rings (SSSR count). The van der Waals surface area contributed by atoms with Gasteiger partial charge in [-0.2, -0.15) is 0 Å². The highest BCUT2D eigenvalue weighted by Crippen LogP contribution is 2.44. The Bertz CT molecular complexity index is 489. The predicted molar refractivity (Wildman–Crippen MR) is 80.7 cm³/mol. The number of hydrogen-bond donors (Lipinski definition) is 1. The number of aliphatic carboxylic acids is 1. The summed E-state index contributed by atoms with van der Waals surface area (Å²) in [6.45, 7) is 2.61. The third-order valence-corrected chi connectivity index (χ3v) is 5.40. The predicted octanol–water partition coefficient (Wildman–Crippen LogP) is 0.481. The molecule has 1 N–H and O–H groups in total. The van der Waals surface area contributed by atoms with Crippen molar-refractivity contribution in [2.75, 3.05) is 32.8 Å². The number of piperazine rings is 1. The minimum absolute atomic E-state index is 0.0237. The van der Waals surface area contributed by atoms with Gasteiger partial charge < -0.3 is 19.6 Å². The first-order valence-corrected chi connectivity index (χ1v) is 8.43. The molecule has 2 heterocycles. The van der Waals surface area contributed by atoms with E-state index in [9.17, 15) is 19.5 Å². The highest BCUT2D eigenvalue weighted by Gasteiger charge is 2.46. The van der Waals surface area contributed by atoms with E-state index in [0.29, 0.717) is 45.6 Å². The summed E-state index contributed by atoms with van der Waals surface area (Å²) in [6, 6.07) is 0. The van der Waals surface area contributed by atoms with E-state index < -0.39 is 11.4 Å². The van der Waals surface area contributed by atoms with Crippen LogP contribution in [0.1, 0.15) is 38.5 Å². The number of carbonyl (C=O) groups excluding carboxylic acids is 2. The Morgan fingerprint density at radius 2 is 1.70 bits per heavy atom. The minimum atomic E-state index is -0.857. The van der Waals surface area contributed by atoms with Crippen molar-refractivity contribution >= 4 is 17.8 Å². The summed E-state index contributed by atoms with van der Waals surface area (Å²) >= 11 is 0. The number of rotatable bonds is 4. The van der Waals surface area contributed by atoms with E-state index in [-0.39, 0.29) is 24.3 Å². The van der Waals surface area contributed by atoms with Gasteiger partial charge in [-0.1, -0.05) is 6.42 Å². The lowest BCUT2D eigenvalue weighted by atomic mass is 9.66. The highest BCUT2D eigenvalue weighted by atomic mass is 16.5. The molecule has 2 amide bonds. The number of ether oxygens (including phenoxy) is 1. The lowest BCUT2D eigenvalue weighted by Crippen LogP contribution is -2.54.